The van der Waals surface area contributed by atoms with E-state index in [4.69, 9.17) is 9.84 Å². The smallest absolute Gasteiger partial charge is 0.345 e. The lowest BCUT2D eigenvalue weighted by molar-refractivity contribution is 0.0522. The Morgan fingerprint density at radius 1 is 1.36 bits per heavy atom. The summed E-state index contributed by atoms with van der Waals surface area (Å²) >= 11 is 0. The zero-order chi connectivity index (χ0) is 20.3. The van der Waals surface area contributed by atoms with Gasteiger partial charge in [-0.15, -0.1) is 0 Å². The highest BCUT2D eigenvalue weighted by atomic mass is 16.5. The largest absolute Gasteiger partial charge is 0.478 e. The first kappa shape index (κ1) is 19.3. The molecule has 1 unspecified atom stereocenters. The van der Waals surface area contributed by atoms with Crippen molar-refractivity contribution < 1.29 is 19.4 Å². The molecule has 2 N–H and O–H groups in total. The Balaban J connectivity index is 1.91. The summed E-state index contributed by atoms with van der Waals surface area (Å²) in [5.74, 6) is -1.30. The number of carboxylic acids is 1. The molecule has 0 fully saturated rings. The molecule has 1 aliphatic rings. The van der Waals surface area contributed by atoms with Crippen LogP contribution in [0.1, 0.15) is 59.3 Å². The van der Waals surface area contributed by atoms with E-state index in [2.05, 4.69) is 15.5 Å². The Morgan fingerprint density at radius 3 is 2.71 bits per heavy atom. The molecule has 9 heteroatoms. The molecule has 0 saturated carbocycles. The molecular weight excluding hydrogens is 364 g/mol. The van der Waals surface area contributed by atoms with E-state index in [1.54, 1.807) is 19.1 Å². The number of hydrazone groups is 1. The third-order valence-electron chi connectivity index (χ3n) is 4.44. The third-order valence-corrected chi connectivity index (χ3v) is 4.44. The van der Waals surface area contributed by atoms with E-state index in [0.717, 1.165) is 0 Å². The van der Waals surface area contributed by atoms with Gasteiger partial charge in [-0.05, 0) is 51.0 Å². The molecule has 146 valence electrons. The highest BCUT2D eigenvalue weighted by Gasteiger charge is 2.27. The first-order valence-corrected chi connectivity index (χ1v) is 8.87. The van der Waals surface area contributed by atoms with Gasteiger partial charge >= 0.3 is 11.9 Å². The normalized spacial score (nSPS) is 17.1. The summed E-state index contributed by atoms with van der Waals surface area (Å²) in [7, 11) is 0. The quantitative estimate of drug-likeness (QED) is 0.599. The van der Waals surface area contributed by atoms with Crippen LogP contribution in [0.15, 0.2) is 40.4 Å². The van der Waals surface area contributed by atoms with Gasteiger partial charge in [0.15, 0.2) is 5.82 Å². The van der Waals surface area contributed by atoms with E-state index >= 15 is 0 Å². The number of benzene rings is 1. The van der Waals surface area contributed by atoms with Gasteiger partial charge < -0.3 is 9.84 Å². The fraction of sp³-hybridized carbons (Fsp3) is 0.316. The Kier molecular flexibility index (Phi) is 5.53. The van der Waals surface area contributed by atoms with Crippen molar-refractivity contribution >= 4 is 23.3 Å². The maximum Gasteiger partial charge on any atom is 0.345 e. The highest BCUT2D eigenvalue weighted by molar-refractivity contribution is 5.99. The Labute approximate surface area is 160 Å². The van der Waals surface area contributed by atoms with E-state index in [1.165, 1.54) is 22.9 Å². The molecule has 28 heavy (non-hydrogen) atoms. The lowest BCUT2D eigenvalue weighted by Gasteiger charge is -2.25. The van der Waals surface area contributed by atoms with Crippen molar-refractivity contribution in [1.82, 2.24) is 9.55 Å². The Hall–Kier alpha value is -3.49. The SMILES string of the molecule is CCOC(=O)c1cnc2n(c1=O)C(C)CC/C2=N\Nc1ccc(C(=O)O)cc1. The summed E-state index contributed by atoms with van der Waals surface area (Å²) in [5.41, 5.74) is 3.67. The van der Waals surface area contributed by atoms with Gasteiger partial charge in [0.25, 0.3) is 5.56 Å². The molecule has 1 aromatic carbocycles. The number of ether oxygens (including phenoxy) is 1. The molecular formula is C19H20N4O5. The summed E-state index contributed by atoms with van der Waals surface area (Å²) in [6.07, 6.45) is 2.49. The molecule has 0 aliphatic carbocycles. The summed E-state index contributed by atoms with van der Waals surface area (Å²) in [4.78, 5) is 39.9. The highest BCUT2D eigenvalue weighted by Crippen LogP contribution is 2.22. The van der Waals surface area contributed by atoms with Gasteiger partial charge in [-0.3, -0.25) is 14.8 Å². The topological polar surface area (TPSA) is 123 Å². The summed E-state index contributed by atoms with van der Waals surface area (Å²) < 4.78 is 6.38. The van der Waals surface area contributed by atoms with Crippen molar-refractivity contribution in [3.05, 3.63) is 57.8 Å². The number of nitrogens with zero attached hydrogens (tertiary/aromatic N) is 3. The van der Waals surface area contributed by atoms with E-state index in [0.29, 0.717) is 30.1 Å². The molecule has 2 heterocycles. The van der Waals surface area contributed by atoms with Gasteiger partial charge in [0.2, 0.25) is 0 Å². The molecule has 0 spiro atoms. The second-order valence-corrected chi connectivity index (χ2v) is 6.33. The maximum atomic E-state index is 12.8. The van der Waals surface area contributed by atoms with Crippen LogP contribution in [-0.2, 0) is 4.74 Å². The van der Waals surface area contributed by atoms with Crippen molar-refractivity contribution in [2.24, 2.45) is 5.10 Å². The summed E-state index contributed by atoms with van der Waals surface area (Å²) in [5, 5.41) is 13.3. The second-order valence-electron chi connectivity index (χ2n) is 6.33. The number of hydrogen-bond donors (Lipinski definition) is 2. The van der Waals surface area contributed by atoms with Crippen molar-refractivity contribution in [2.45, 2.75) is 32.7 Å². The maximum absolute atomic E-state index is 12.8. The summed E-state index contributed by atoms with van der Waals surface area (Å²) in [6.45, 7) is 3.73. The van der Waals surface area contributed by atoms with Crippen LogP contribution in [0.3, 0.4) is 0 Å². The van der Waals surface area contributed by atoms with Gasteiger partial charge in [-0.2, -0.15) is 5.10 Å². The number of anilines is 1. The van der Waals surface area contributed by atoms with Crippen LogP contribution in [0, 0.1) is 0 Å². The van der Waals surface area contributed by atoms with Crippen molar-refractivity contribution in [2.75, 3.05) is 12.0 Å². The molecule has 1 atom stereocenters. The van der Waals surface area contributed by atoms with Crippen LogP contribution >= 0.6 is 0 Å². The molecule has 1 aliphatic heterocycles. The minimum absolute atomic E-state index is 0.101. The fourth-order valence-electron chi connectivity index (χ4n) is 2.95. The number of carboxylic acid groups (broad SMARTS) is 1. The van der Waals surface area contributed by atoms with Crippen LogP contribution in [0.4, 0.5) is 5.69 Å². The number of fused-ring (bicyclic) bond motifs is 1. The first-order chi connectivity index (χ1) is 13.4. The first-order valence-electron chi connectivity index (χ1n) is 8.87. The van der Waals surface area contributed by atoms with Gasteiger partial charge in [0.1, 0.15) is 11.3 Å². The zero-order valence-corrected chi connectivity index (χ0v) is 15.5. The lowest BCUT2D eigenvalue weighted by Crippen LogP contribution is -2.37. The van der Waals surface area contributed by atoms with Crippen LogP contribution < -0.4 is 11.0 Å². The van der Waals surface area contributed by atoms with Gasteiger partial charge in [0, 0.05) is 12.2 Å². The Bertz CT molecular complexity index is 994. The van der Waals surface area contributed by atoms with E-state index in [1.807, 2.05) is 6.92 Å². The number of aromatic carboxylic acids is 1. The average molecular weight is 384 g/mol. The van der Waals surface area contributed by atoms with Crippen molar-refractivity contribution in [3.63, 3.8) is 0 Å². The number of aromatic nitrogens is 2. The van der Waals surface area contributed by atoms with Crippen LogP contribution in [0.25, 0.3) is 0 Å². The monoisotopic (exact) mass is 384 g/mol. The minimum atomic E-state index is -1.01. The van der Waals surface area contributed by atoms with E-state index in [9.17, 15) is 14.4 Å². The van der Waals surface area contributed by atoms with Crippen LogP contribution in [0.2, 0.25) is 0 Å². The summed E-state index contributed by atoms with van der Waals surface area (Å²) in [6, 6.07) is 6.01. The molecule has 9 nitrogen and oxygen atoms in total. The standard InChI is InChI=1S/C19H20N4O5/c1-3-28-19(27)14-10-20-16-15(9-4-11(2)23(16)17(14)24)22-21-13-7-5-12(6-8-13)18(25)26/h5-8,10-11,21H,3-4,9H2,1-2H3,(H,25,26)/b22-15+. The predicted octanol–water partition coefficient (Wildman–Crippen LogP) is 2.29. The number of esters is 1. The Morgan fingerprint density at radius 2 is 2.07 bits per heavy atom. The molecule has 0 saturated heterocycles. The lowest BCUT2D eigenvalue weighted by atomic mass is 10.0. The molecule has 0 amide bonds. The molecule has 2 aromatic rings. The molecule has 0 radical (unpaired) electrons. The number of hydrogen-bond acceptors (Lipinski definition) is 7. The van der Waals surface area contributed by atoms with Crippen molar-refractivity contribution in [3.8, 4) is 0 Å². The third kappa shape index (κ3) is 3.78. The van der Waals surface area contributed by atoms with Gasteiger partial charge in [-0.25, -0.2) is 14.6 Å². The molecule has 0 bridgehead atoms. The number of carbonyl (C=O) groups is 2. The van der Waals surface area contributed by atoms with E-state index in [-0.39, 0.29) is 23.8 Å². The van der Waals surface area contributed by atoms with Crippen LogP contribution in [0.5, 0.6) is 0 Å². The average Bonchev–Trinajstić information content (AvgIpc) is 2.68. The number of rotatable bonds is 5. The number of nitrogens with one attached hydrogen (secondary N) is 1. The zero-order valence-electron chi connectivity index (χ0n) is 15.5. The van der Waals surface area contributed by atoms with Crippen LogP contribution in [-0.4, -0.2) is 38.9 Å². The predicted molar refractivity (Wildman–Crippen MR) is 102 cm³/mol. The minimum Gasteiger partial charge on any atom is -0.478 e. The molecule has 3 rings (SSSR count). The van der Waals surface area contributed by atoms with Gasteiger partial charge in [0.05, 0.1) is 17.9 Å². The second kappa shape index (κ2) is 8.03. The molecule has 1 aromatic heterocycles. The fourth-order valence-corrected chi connectivity index (χ4v) is 2.95. The number of carbonyl (C=O) groups excluding carboxylic acids is 1. The van der Waals surface area contributed by atoms with E-state index < -0.39 is 17.5 Å². The van der Waals surface area contributed by atoms with Crippen molar-refractivity contribution in [1.29, 1.82) is 0 Å². The van der Waals surface area contributed by atoms with Gasteiger partial charge in [-0.1, -0.05) is 0 Å².